The molecule has 0 amide bonds. The summed E-state index contributed by atoms with van der Waals surface area (Å²) in [5.41, 5.74) is 8.64. The van der Waals surface area contributed by atoms with E-state index >= 15 is 0 Å². The SMILES string of the molecule is CCc1nc2c(C)cc(C)nc2n1Cc1ccc(-c2cc(-c3cc(C(F)F)ccn3)ccc2-c2nn[nH]n2)cc1. The molecule has 4 aromatic heterocycles. The van der Waals surface area contributed by atoms with Gasteiger partial charge < -0.3 is 4.57 Å². The minimum absolute atomic E-state index is 0.0727. The van der Waals surface area contributed by atoms with Crippen LogP contribution in [-0.2, 0) is 13.0 Å². The number of aromatic nitrogens is 8. The van der Waals surface area contributed by atoms with Crippen molar-refractivity contribution in [1.29, 1.82) is 0 Å². The number of aryl methyl sites for hydroxylation is 3. The molecule has 10 heteroatoms. The van der Waals surface area contributed by atoms with Crippen LogP contribution in [0.3, 0.4) is 0 Å². The second-order valence-electron chi connectivity index (χ2n) is 9.69. The predicted molar refractivity (Wildman–Crippen MR) is 149 cm³/mol. The van der Waals surface area contributed by atoms with Gasteiger partial charge in [0.2, 0.25) is 5.82 Å². The smallest absolute Gasteiger partial charge is 0.263 e. The maximum atomic E-state index is 13.3. The summed E-state index contributed by atoms with van der Waals surface area (Å²) in [4.78, 5) is 14.0. The van der Waals surface area contributed by atoms with Gasteiger partial charge in [-0.25, -0.2) is 18.7 Å². The van der Waals surface area contributed by atoms with Crippen molar-refractivity contribution in [2.45, 2.75) is 40.2 Å². The summed E-state index contributed by atoms with van der Waals surface area (Å²) in [7, 11) is 0. The number of tetrazole rings is 1. The van der Waals surface area contributed by atoms with Crippen molar-refractivity contribution in [3.63, 3.8) is 0 Å². The zero-order chi connectivity index (χ0) is 27.8. The largest absolute Gasteiger partial charge is 0.308 e. The minimum Gasteiger partial charge on any atom is -0.308 e. The lowest BCUT2D eigenvalue weighted by molar-refractivity contribution is 0.151. The number of aromatic amines is 1. The second-order valence-corrected chi connectivity index (χ2v) is 9.69. The average Bonchev–Trinajstić information content (AvgIpc) is 3.62. The Hall–Kier alpha value is -4.86. The summed E-state index contributed by atoms with van der Waals surface area (Å²) < 4.78 is 28.9. The van der Waals surface area contributed by atoms with Gasteiger partial charge >= 0.3 is 0 Å². The van der Waals surface area contributed by atoms with Crippen molar-refractivity contribution in [1.82, 2.24) is 40.1 Å². The number of hydrogen-bond donors (Lipinski definition) is 1. The van der Waals surface area contributed by atoms with Crippen LogP contribution < -0.4 is 0 Å². The Labute approximate surface area is 229 Å². The highest BCUT2D eigenvalue weighted by Gasteiger charge is 2.17. The van der Waals surface area contributed by atoms with Gasteiger partial charge in [0, 0.05) is 35.0 Å². The number of fused-ring (bicyclic) bond motifs is 1. The molecule has 0 spiro atoms. The summed E-state index contributed by atoms with van der Waals surface area (Å²) in [6.45, 7) is 6.80. The van der Waals surface area contributed by atoms with Crippen molar-refractivity contribution >= 4 is 11.2 Å². The number of hydrogen-bond acceptors (Lipinski definition) is 6. The Bertz CT molecular complexity index is 1810. The topological polar surface area (TPSA) is 98.1 Å². The fourth-order valence-corrected chi connectivity index (χ4v) is 5.01. The van der Waals surface area contributed by atoms with E-state index in [1.807, 2.05) is 37.3 Å². The zero-order valence-electron chi connectivity index (χ0n) is 22.2. The molecule has 200 valence electrons. The molecular weight excluding hydrogens is 510 g/mol. The third-order valence-electron chi connectivity index (χ3n) is 6.96. The molecule has 8 nitrogen and oxygen atoms in total. The summed E-state index contributed by atoms with van der Waals surface area (Å²) in [5.74, 6) is 1.43. The number of nitrogens with one attached hydrogen (secondary N) is 1. The Morgan fingerprint density at radius 3 is 2.42 bits per heavy atom. The van der Waals surface area contributed by atoms with Crippen LogP contribution in [0.2, 0.25) is 0 Å². The van der Waals surface area contributed by atoms with Crippen molar-refractivity contribution in [3.8, 4) is 33.8 Å². The van der Waals surface area contributed by atoms with E-state index in [2.05, 4.69) is 62.2 Å². The Morgan fingerprint density at radius 1 is 0.900 bits per heavy atom. The molecule has 2 aromatic carbocycles. The van der Waals surface area contributed by atoms with Crippen molar-refractivity contribution in [3.05, 3.63) is 95.1 Å². The van der Waals surface area contributed by atoms with Crippen LogP contribution in [0.4, 0.5) is 8.78 Å². The van der Waals surface area contributed by atoms with Gasteiger partial charge in [0.05, 0.1) is 12.2 Å². The van der Waals surface area contributed by atoms with Gasteiger partial charge in [0.15, 0.2) is 5.65 Å². The minimum atomic E-state index is -2.57. The summed E-state index contributed by atoms with van der Waals surface area (Å²) >= 11 is 0. The Balaban J connectivity index is 1.39. The molecule has 40 heavy (non-hydrogen) atoms. The molecule has 4 heterocycles. The number of alkyl halides is 2. The normalized spacial score (nSPS) is 11.6. The number of benzene rings is 2. The maximum absolute atomic E-state index is 13.3. The van der Waals surface area contributed by atoms with E-state index in [1.165, 1.54) is 18.3 Å². The highest BCUT2D eigenvalue weighted by molar-refractivity contribution is 5.84. The molecule has 1 N–H and O–H groups in total. The van der Waals surface area contributed by atoms with Gasteiger partial charge in [-0.05, 0) is 71.6 Å². The number of pyridine rings is 2. The molecule has 0 atom stereocenters. The summed E-state index contributed by atoms with van der Waals surface area (Å²) in [5, 5.41) is 14.5. The van der Waals surface area contributed by atoms with Crippen LogP contribution >= 0.6 is 0 Å². The molecule has 6 aromatic rings. The molecule has 0 unspecified atom stereocenters. The highest BCUT2D eigenvalue weighted by Crippen LogP contribution is 2.35. The fraction of sp³-hybridized carbons (Fsp3) is 0.200. The van der Waals surface area contributed by atoms with E-state index in [-0.39, 0.29) is 5.56 Å². The molecule has 0 aliphatic heterocycles. The van der Waals surface area contributed by atoms with Gasteiger partial charge in [-0.2, -0.15) is 5.21 Å². The van der Waals surface area contributed by atoms with E-state index in [0.29, 0.717) is 23.6 Å². The first-order valence-electron chi connectivity index (χ1n) is 13.0. The van der Waals surface area contributed by atoms with Crippen LogP contribution in [0.5, 0.6) is 0 Å². The quantitative estimate of drug-likeness (QED) is 0.250. The number of H-pyrrole nitrogens is 1. The van der Waals surface area contributed by atoms with Crippen LogP contribution in [0.1, 0.15) is 41.6 Å². The molecule has 0 radical (unpaired) electrons. The van der Waals surface area contributed by atoms with Gasteiger partial charge in [-0.3, -0.25) is 4.98 Å². The van der Waals surface area contributed by atoms with E-state index in [1.54, 1.807) is 0 Å². The molecule has 0 aliphatic carbocycles. The standard InChI is InChI=1S/C30H26F2N8/c1-4-26-35-27-17(2)13-18(3)34-30(27)40(26)16-19-5-7-20(8-6-19)24-14-21(9-10-23(24)29-36-38-39-37-29)25-15-22(28(31)32)11-12-33-25/h5-15,28H,4,16H2,1-3H3,(H,36,37,38,39). The highest BCUT2D eigenvalue weighted by atomic mass is 19.3. The van der Waals surface area contributed by atoms with Crippen LogP contribution in [0, 0.1) is 13.8 Å². The number of nitrogens with zero attached hydrogens (tertiary/aromatic N) is 7. The third-order valence-corrected chi connectivity index (χ3v) is 6.96. The number of halogens is 2. The monoisotopic (exact) mass is 536 g/mol. The molecule has 0 saturated carbocycles. The first-order chi connectivity index (χ1) is 19.4. The maximum Gasteiger partial charge on any atom is 0.263 e. The fourth-order valence-electron chi connectivity index (χ4n) is 5.01. The van der Waals surface area contributed by atoms with Crippen LogP contribution in [0.15, 0.2) is 66.9 Å². The van der Waals surface area contributed by atoms with Gasteiger partial charge in [-0.15, -0.1) is 10.2 Å². The van der Waals surface area contributed by atoms with E-state index in [9.17, 15) is 8.78 Å². The molecular formula is C30H26F2N8. The van der Waals surface area contributed by atoms with E-state index < -0.39 is 6.43 Å². The lowest BCUT2D eigenvalue weighted by Crippen LogP contribution is -2.05. The molecule has 0 fully saturated rings. The number of imidazole rings is 1. The molecule has 0 bridgehead atoms. The van der Waals surface area contributed by atoms with Gasteiger partial charge in [0.25, 0.3) is 6.43 Å². The molecule has 6 rings (SSSR count). The van der Waals surface area contributed by atoms with Crippen molar-refractivity contribution < 1.29 is 8.78 Å². The number of rotatable bonds is 7. The van der Waals surface area contributed by atoms with Crippen molar-refractivity contribution in [2.24, 2.45) is 0 Å². The first-order valence-corrected chi connectivity index (χ1v) is 13.0. The van der Waals surface area contributed by atoms with Gasteiger partial charge in [-0.1, -0.05) is 37.3 Å². The van der Waals surface area contributed by atoms with E-state index in [4.69, 9.17) is 9.97 Å². The predicted octanol–water partition coefficient (Wildman–Crippen LogP) is 6.51. The van der Waals surface area contributed by atoms with Crippen LogP contribution in [-0.4, -0.2) is 40.1 Å². The average molecular weight is 537 g/mol. The zero-order valence-corrected chi connectivity index (χ0v) is 22.2. The molecule has 0 saturated heterocycles. The second kappa shape index (κ2) is 10.4. The molecule has 0 aliphatic rings. The lowest BCUT2D eigenvalue weighted by Gasteiger charge is -2.12. The Kier molecular flexibility index (Phi) is 6.59. The summed E-state index contributed by atoms with van der Waals surface area (Å²) in [6.07, 6.45) is -0.369. The van der Waals surface area contributed by atoms with Gasteiger partial charge in [0.1, 0.15) is 11.3 Å². The van der Waals surface area contributed by atoms with Crippen LogP contribution in [0.25, 0.3) is 44.9 Å². The lowest BCUT2D eigenvalue weighted by atomic mass is 9.94. The first kappa shape index (κ1) is 25.4. The van der Waals surface area contributed by atoms with Crippen molar-refractivity contribution in [2.75, 3.05) is 0 Å². The Morgan fingerprint density at radius 2 is 1.70 bits per heavy atom. The van der Waals surface area contributed by atoms with E-state index in [0.717, 1.165) is 56.9 Å². The summed E-state index contributed by atoms with van der Waals surface area (Å²) in [6, 6.07) is 18.6. The third kappa shape index (κ3) is 4.72.